The van der Waals surface area contributed by atoms with Crippen LogP contribution >= 0.6 is 23.2 Å². The van der Waals surface area contributed by atoms with E-state index in [-0.39, 0.29) is 23.8 Å². The molecule has 0 heterocycles. The van der Waals surface area contributed by atoms with E-state index in [0.29, 0.717) is 34.3 Å². The number of anilines is 1. The van der Waals surface area contributed by atoms with Gasteiger partial charge in [-0.15, -0.1) is 0 Å². The fourth-order valence-corrected chi connectivity index (χ4v) is 6.44. The Morgan fingerprint density at radius 1 is 0.841 bits per heavy atom. The molecule has 0 radical (unpaired) electrons. The molecule has 0 fully saturated rings. The lowest BCUT2D eigenvalue weighted by Gasteiger charge is -2.34. The molecule has 0 saturated heterocycles. The SMILES string of the molecule is CCCNC(=O)[C@@H](Cc1ccccc1)N(Cc1ccccc1Cl)C(=O)CN(c1ccc(C)cc1)S(=O)(=O)c1ccc(Cl)cc1. The molecule has 1 atom stereocenters. The highest BCUT2D eigenvalue weighted by Crippen LogP contribution is 2.27. The molecule has 4 aromatic carbocycles. The highest BCUT2D eigenvalue weighted by atomic mass is 35.5. The molecule has 4 aromatic rings. The second kappa shape index (κ2) is 15.2. The van der Waals surface area contributed by atoms with Crippen LogP contribution < -0.4 is 9.62 Å². The summed E-state index contributed by atoms with van der Waals surface area (Å²) in [5.41, 5.74) is 2.73. The Kier molecular flexibility index (Phi) is 11.4. The molecule has 0 aliphatic rings. The zero-order valence-electron chi connectivity index (χ0n) is 24.6. The van der Waals surface area contributed by atoms with E-state index in [9.17, 15) is 18.0 Å². The molecule has 0 bridgehead atoms. The minimum Gasteiger partial charge on any atom is -0.354 e. The molecule has 0 aliphatic carbocycles. The van der Waals surface area contributed by atoms with Crippen molar-refractivity contribution < 1.29 is 18.0 Å². The molecule has 1 N–H and O–H groups in total. The van der Waals surface area contributed by atoms with Crippen LogP contribution in [0.15, 0.2) is 108 Å². The summed E-state index contributed by atoms with van der Waals surface area (Å²) in [5, 5.41) is 3.75. The van der Waals surface area contributed by atoms with Crippen LogP contribution in [0.5, 0.6) is 0 Å². The zero-order chi connectivity index (χ0) is 31.7. The average Bonchev–Trinajstić information content (AvgIpc) is 3.02. The highest BCUT2D eigenvalue weighted by Gasteiger charge is 2.34. The number of nitrogens with zero attached hydrogens (tertiary/aromatic N) is 2. The normalized spacial score (nSPS) is 11.9. The van der Waals surface area contributed by atoms with Gasteiger partial charge in [0.25, 0.3) is 10.0 Å². The maximum absolute atomic E-state index is 14.4. The van der Waals surface area contributed by atoms with Gasteiger partial charge in [-0.25, -0.2) is 8.42 Å². The smallest absolute Gasteiger partial charge is 0.264 e. The summed E-state index contributed by atoms with van der Waals surface area (Å²) < 4.78 is 29.2. The number of aryl methyl sites for hydroxylation is 1. The number of sulfonamides is 1. The summed E-state index contributed by atoms with van der Waals surface area (Å²) in [6.45, 7) is 3.71. The van der Waals surface area contributed by atoms with Gasteiger partial charge >= 0.3 is 0 Å². The number of halogens is 2. The Hall–Kier alpha value is -3.85. The van der Waals surface area contributed by atoms with Gasteiger partial charge in [-0.1, -0.05) is 96.4 Å². The van der Waals surface area contributed by atoms with Crippen LogP contribution in [0.4, 0.5) is 5.69 Å². The summed E-state index contributed by atoms with van der Waals surface area (Å²) >= 11 is 12.6. The number of amides is 2. The fraction of sp³-hybridized carbons (Fsp3) is 0.235. The van der Waals surface area contributed by atoms with Crippen molar-refractivity contribution in [1.82, 2.24) is 10.2 Å². The zero-order valence-corrected chi connectivity index (χ0v) is 26.9. The summed E-state index contributed by atoms with van der Waals surface area (Å²) in [4.78, 5) is 29.5. The molecule has 0 saturated carbocycles. The average molecular weight is 653 g/mol. The predicted molar refractivity (Wildman–Crippen MR) is 176 cm³/mol. The second-order valence-corrected chi connectivity index (χ2v) is 13.1. The molecule has 4 rings (SSSR count). The molecule has 0 spiro atoms. The molecule has 7 nitrogen and oxygen atoms in total. The molecule has 44 heavy (non-hydrogen) atoms. The van der Waals surface area contributed by atoms with Gasteiger partial charge in [-0.05, 0) is 66.9 Å². The maximum atomic E-state index is 14.4. The topological polar surface area (TPSA) is 86.8 Å². The minimum absolute atomic E-state index is 0.00170. The Bertz CT molecular complexity index is 1670. The van der Waals surface area contributed by atoms with Gasteiger partial charge in [0.2, 0.25) is 11.8 Å². The number of hydrogen-bond donors (Lipinski definition) is 1. The lowest BCUT2D eigenvalue weighted by Crippen LogP contribution is -2.53. The van der Waals surface area contributed by atoms with Crippen LogP contribution in [-0.2, 0) is 32.6 Å². The van der Waals surface area contributed by atoms with E-state index in [0.717, 1.165) is 15.4 Å². The number of hydrogen-bond acceptors (Lipinski definition) is 4. The minimum atomic E-state index is -4.21. The second-order valence-electron chi connectivity index (χ2n) is 10.4. The van der Waals surface area contributed by atoms with Crippen molar-refractivity contribution in [3.05, 3.63) is 130 Å². The first-order valence-electron chi connectivity index (χ1n) is 14.3. The number of nitrogens with one attached hydrogen (secondary N) is 1. The van der Waals surface area contributed by atoms with E-state index in [1.54, 1.807) is 48.5 Å². The third-order valence-corrected chi connectivity index (χ3v) is 9.53. The predicted octanol–water partition coefficient (Wildman–Crippen LogP) is 6.66. The van der Waals surface area contributed by atoms with Crippen molar-refractivity contribution in [2.45, 2.75) is 44.2 Å². The fourth-order valence-electron chi connectivity index (χ4n) is 4.70. The maximum Gasteiger partial charge on any atom is 0.264 e. The first-order valence-corrected chi connectivity index (χ1v) is 16.5. The molecule has 2 amide bonds. The van der Waals surface area contributed by atoms with Gasteiger partial charge in [0, 0.05) is 29.6 Å². The summed E-state index contributed by atoms with van der Waals surface area (Å²) in [6.07, 6.45) is 0.934. The molecular formula is C34H35Cl2N3O4S. The Labute approximate surface area is 269 Å². The number of benzene rings is 4. The van der Waals surface area contributed by atoms with Gasteiger partial charge in [0.1, 0.15) is 12.6 Å². The summed E-state index contributed by atoms with van der Waals surface area (Å²) in [6, 6.07) is 28.2. The molecular weight excluding hydrogens is 617 g/mol. The van der Waals surface area contributed by atoms with Crippen molar-refractivity contribution in [2.75, 3.05) is 17.4 Å². The largest absolute Gasteiger partial charge is 0.354 e. The number of carbonyl (C=O) groups excluding carboxylic acids is 2. The molecule has 10 heteroatoms. The Morgan fingerprint density at radius 3 is 2.11 bits per heavy atom. The van der Waals surface area contributed by atoms with Crippen LogP contribution in [0.2, 0.25) is 10.0 Å². The molecule has 230 valence electrons. The highest BCUT2D eigenvalue weighted by molar-refractivity contribution is 7.92. The van der Waals surface area contributed by atoms with E-state index in [4.69, 9.17) is 23.2 Å². The first-order chi connectivity index (χ1) is 21.1. The van der Waals surface area contributed by atoms with Crippen LogP contribution in [0.3, 0.4) is 0 Å². The van der Waals surface area contributed by atoms with Crippen molar-refractivity contribution >= 4 is 50.7 Å². The molecule has 0 aromatic heterocycles. The van der Waals surface area contributed by atoms with Gasteiger partial charge in [0.05, 0.1) is 10.6 Å². The molecule has 0 aliphatic heterocycles. The molecule has 0 unspecified atom stereocenters. The van der Waals surface area contributed by atoms with Crippen molar-refractivity contribution in [3.63, 3.8) is 0 Å². The number of rotatable bonds is 13. The van der Waals surface area contributed by atoms with E-state index in [1.165, 1.54) is 29.2 Å². The van der Waals surface area contributed by atoms with Crippen LogP contribution in [0, 0.1) is 6.92 Å². The van der Waals surface area contributed by atoms with Gasteiger partial charge in [0.15, 0.2) is 0 Å². The van der Waals surface area contributed by atoms with Crippen LogP contribution in [0.25, 0.3) is 0 Å². The standard InChI is InChI=1S/C34H35Cl2N3O4S/c1-3-21-37-34(41)32(22-26-9-5-4-6-10-26)38(23-27-11-7-8-12-31(27)36)33(40)24-39(29-17-13-25(2)14-18-29)44(42,43)30-19-15-28(35)16-20-30/h4-20,32H,3,21-24H2,1-2H3,(H,37,41)/t32-/m1/s1. The lowest BCUT2D eigenvalue weighted by molar-refractivity contribution is -0.140. The number of carbonyl (C=O) groups is 2. The van der Waals surface area contributed by atoms with Gasteiger partial charge in [-0.2, -0.15) is 0 Å². The van der Waals surface area contributed by atoms with Crippen molar-refractivity contribution in [1.29, 1.82) is 0 Å². The Balaban J connectivity index is 1.80. The van der Waals surface area contributed by atoms with Crippen molar-refractivity contribution in [2.24, 2.45) is 0 Å². The van der Waals surface area contributed by atoms with Crippen molar-refractivity contribution in [3.8, 4) is 0 Å². The quantitative estimate of drug-likeness (QED) is 0.175. The van der Waals surface area contributed by atoms with Gasteiger partial charge in [-0.3, -0.25) is 13.9 Å². The van der Waals surface area contributed by atoms with Gasteiger partial charge < -0.3 is 10.2 Å². The van der Waals surface area contributed by atoms with E-state index >= 15 is 0 Å². The van der Waals surface area contributed by atoms with E-state index < -0.39 is 28.5 Å². The van der Waals surface area contributed by atoms with Crippen LogP contribution in [-0.4, -0.2) is 44.3 Å². The van der Waals surface area contributed by atoms with Crippen LogP contribution in [0.1, 0.15) is 30.0 Å². The van der Waals surface area contributed by atoms with E-state index in [2.05, 4.69) is 5.32 Å². The van der Waals surface area contributed by atoms with E-state index in [1.807, 2.05) is 44.2 Å². The first kappa shape index (κ1) is 33.1. The lowest BCUT2D eigenvalue weighted by atomic mass is 10.0. The third kappa shape index (κ3) is 8.40. The summed E-state index contributed by atoms with van der Waals surface area (Å²) in [7, 11) is -4.21. The Morgan fingerprint density at radius 2 is 1.48 bits per heavy atom. The summed E-state index contributed by atoms with van der Waals surface area (Å²) in [5.74, 6) is -0.894. The third-order valence-electron chi connectivity index (χ3n) is 7.12. The monoisotopic (exact) mass is 651 g/mol.